The number of rotatable bonds is 5. The van der Waals surface area contributed by atoms with E-state index in [1.807, 2.05) is 25.2 Å². The number of allylic oxidation sites excluding steroid dienone is 5. The summed E-state index contributed by atoms with van der Waals surface area (Å²) < 4.78 is 7.64. The van der Waals surface area contributed by atoms with Gasteiger partial charge < -0.3 is 9.64 Å². The molecule has 0 bridgehead atoms. The Morgan fingerprint density at radius 3 is 1.91 bits per heavy atom. The lowest BCUT2D eigenvalue weighted by atomic mass is 9.61. The summed E-state index contributed by atoms with van der Waals surface area (Å²) in [6.07, 6.45) is 8.18. The molecule has 2 nitrogen and oxygen atoms in total. The summed E-state index contributed by atoms with van der Waals surface area (Å²) >= 11 is 3.87. The maximum absolute atomic E-state index is 6.61. The minimum absolute atomic E-state index is 0.649. The molecule has 6 aromatic carbocycles. The molecule has 0 saturated heterocycles. The van der Waals surface area contributed by atoms with Crippen molar-refractivity contribution in [2.24, 2.45) is 0 Å². The Labute approximate surface area is 284 Å². The Balaban J connectivity index is 1.44. The van der Waals surface area contributed by atoms with Crippen LogP contribution < -0.4 is 9.64 Å². The molecule has 0 saturated carbocycles. The molecule has 0 aliphatic carbocycles. The average molecular weight is 671 g/mol. The number of nitrogens with zero attached hydrogens (tertiary/aromatic N) is 1. The molecule has 226 valence electrons. The number of benzene rings is 6. The van der Waals surface area contributed by atoms with Gasteiger partial charge in [0.05, 0.1) is 16.8 Å². The third-order valence-corrected chi connectivity index (χ3v) is 9.74. The molecule has 6 aromatic rings. The second-order valence-electron chi connectivity index (χ2n) is 11.9. The van der Waals surface area contributed by atoms with Gasteiger partial charge in [-0.2, -0.15) is 0 Å². The van der Waals surface area contributed by atoms with E-state index < -0.39 is 5.41 Å². The van der Waals surface area contributed by atoms with Crippen LogP contribution in [0.15, 0.2) is 175 Å². The Hall–Kier alpha value is -5.38. The first-order valence-electron chi connectivity index (χ1n) is 15.9. The first kappa shape index (κ1) is 29.1. The van der Waals surface area contributed by atoms with Crippen molar-refractivity contribution in [2.45, 2.75) is 12.3 Å². The van der Waals surface area contributed by atoms with Crippen LogP contribution in [0.25, 0.3) is 16.7 Å². The van der Waals surface area contributed by atoms with Gasteiger partial charge in [-0.1, -0.05) is 132 Å². The van der Waals surface area contributed by atoms with Crippen molar-refractivity contribution < 1.29 is 4.74 Å². The zero-order valence-corrected chi connectivity index (χ0v) is 27.6. The molecule has 0 fully saturated rings. The predicted octanol–water partition coefficient (Wildman–Crippen LogP) is 12.5. The summed E-state index contributed by atoms with van der Waals surface area (Å²) in [4.78, 5) is 2.40. The van der Waals surface area contributed by atoms with Crippen LogP contribution in [-0.2, 0) is 5.41 Å². The molecule has 0 atom stereocenters. The Bertz CT molecular complexity index is 2170. The SMILES string of the molecule is C=C(/C=C\C=C/C)c1ccc2c(c1)C1(c3ccccc3Oc3ccccc31)c1cc(Br)ccc1N2c1ccc(-c2ccccc2)cc1. The van der Waals surface area contributed by atoms with E-state index in [4.69, 9.17) is 4.74 Å². The van der Waals surface area contributed by atoms with Crippen LogP contribution in [0.3, 0.4) is 0 Å². The summed E-state index contributed by atoms with van der Waals surface area (Å²) in [5.41, 5.74) is 11.7. The molecular formula is C44H32BrNO. The van der Waals surface area contributed by atoms with Gasteiger partial charge in [0.25, 0.3) is 0 Å². The summed E-state index contributed by atoms with van der Waals surface area (Å²) in [5, 5.41) is 0. The molecular weight excluding hydrogens is 638 g/mol. The number of halogens is 1. The minimum Gasteiger partial charge on any atom is -0.457 e. The van der Waals surface area contributed by atoms with Gasteiger partial charge in [0.2, 0.25) is 0 Å². The molecule has 0 N–H and O–H groups in total. The molecule has 0 amide bonds. The van der Waals surface area contributed by atoms with Crippen molar-refractivity contribution in [1.29, 1.82) is 0 Å². The molecule has 0 radical (unpaired) electrons. The van der Waals surface area contributed by atoms with Crippen molar-refractivity contribution in [3.05, 3.63) is 203 Å². The Morgan fingerprint density at radius 2 is 1.23 bits per heavy atom. The van der Waals surface area contributed by atoms with Gasteiger partial charge in [-0.15, -0.1) is 0 Å². The van der Waals surface area contributed by atoms with E-state index in [1.165, 1.54) is 22.3 Å². The number of fused-ring (bicyclic) bond motifs is 8. The van der Waals surface area contributed by atoms with Crippen molar-refractivity contribution in [3.63, 3.8) is 0 Å². The molecule has 1 spiro atoms. The van der Waals surface area contributed by atoms with Crippen LogP contribution in [0.2, 0.25) is 0 Å². The fraction of sp³-hybridized carbons (Fsp3) is 0.0455. The van der Waals surface area contributed by atoms with Crippen LogP contribution in [0.1, 0.15) is 34.7 Å². The monoisotopic (exact) mass is 669 g/mol. The van der Waals surface area contributed by atoms with Crippen molar-refractivity contribution >= 4 is 38.6 Å². The first-order valence-corrected chi connectivity index (χ1v) is 16.6. The molecule has 0 aromatic heterocycles. The zero-order valence-electron chi connectivity index (χ0n) is 26.0. The second-order valence-corrected chi connectivity index (χ2v) is 12.8. The fourth-order valence-electron chi connectivity index (χ4n) is 7.18. The number of hydrogen-bond acceptors (Lipinski definition) is 2. The highest BCUT2D eigenvalue weighted by Crippen LogP contribution is 2.63. The van der Waals surface area contributed by atoms with E-state index in [0.29, 0.717) is 0 Å². The quantitative estimate of drug-likeness (QED) is 0.169. The van der Waals surface area contributed by atoms with Crippen LogP contribution >= 0.6 is 15.9 Å². The van der Waals surface area contributed by atoms with Gasteiger partial charge in [0, 0.05) is 21.3 Å². The van der Waals surface area contributed by atoms with E-state index in [2.05, 4.69) is 173 Å². The summed E-state index contributed by atoms with van der Waals surface area (Å²) in [6.45, 7) is 6.50. The van der Waals surface area contributed by atoms with Gasteiger partial charge in [-0.05, 0) is 94.9 Å². The zero-order chi connectivity index (χ0) is 32.0. The molecule has 3 heteroatoms. The maximum atomic E-state index is 6.61. The van der Waals surface area contributed by atoms with Crippen molar-refractivity contribution in [1.82, 2.24) is 0 Å². The number of anilines is 3. The van der Waals surface area contributed by atoms with Gasteiger partial charge in [0.15, 0.2) is 0 Å². The van der Waals surface area contributed by atoms with E-state index >= 15 is 0 Å². The molecule has 0 unspecified atom stereocenters. The van der Waals surface area contributed by atoms with Gasteiger partial charge >= 0.3 is 0 Å². The van der Waals surface area contributed by atoms with Gasteiger partial charge in [0.1, 0.15) is 11.5 Å². The van der Waals surface area contributed by atoms with Gasteiger partial charge in [-0.25, -0.2) is 0 Å². The highest BCUT2D eigenvalue weighted by molar-refractivity contribution is 9.10. The van der Waals surface area contributed by atoms with E-state index in [0.717, 1.165) is 55.3 Å². The Morgan fingerprint density at radius 1 is 0.638 bits per heavy atom. The summed E-state index contributed by atoms with van der Waals surface area (Å²) in [5.74, 6) is 1.72. The van der Waals surface area contributed by atoms with Crippen LogP contribution in [0.4, 0.5) is 17.1 Å². The number of hydrogen-bond donors (Lipinski definition) is 0. The molecule has 2 aliphatic heterocycles. The molecule has 2 heterocycles. The standard InChI is InChI=1S/C44H32BrNO/c1-3-4-6-13-30(2)33-22-26-40-38(28-33)44(36-16-9-11-18-42(36)47-43-19-12-10-17-37(43)44)39-29-34(45)23-27-41(39)46(40)35-24-20-32(21-25-35)31-14-7-5-8-15-31/h3-29H,2H2,1H3/b4-3-,13-6-. The molecule has 8 rings (SSSR count). The lowest BCUT2D eigenvalue weighted by molar-refractivity contribution is 0.434. The Kier molecular flexibility index (Phi) is 7.27. The molecule has 2 aliphatic rings. The molecule has 47 heavy (non-hydrogen) atoms. The fourth-order valence-corrected chi connectivity index (χ4v) is 7.54. The number of ether oxygens (including phenoxy) is 1. The highest BCUT2D eigenvalue weighted by atomic mass is 79.9. The highest BCUT2D eigenvalue weighted by Gasteiger charge is 2.51. The van der Waals surface area contributed by atoms with Crippen molar-refractivity contribution in [3.8, 4) is 22.6 Å². The number of para-hydroxylation sites is 2. The maximum Gasteiger partial charge on any atom is 0.132 e. The van der Waals surface area contributed by atoms with Crippen molar-refractivity contribution in [2.75, 3.05) is 4.90 Å². The summed E-state index contributed by atoms with van der Waals surface area (Å²) in [6, 6.07) is 49.8. The second kappa shape index (κ2) is 11.8. The van der Waals surface area contributed by atoms with Gasteiger partial charge in [-0.3, -0.25) is 0 Å². The smallest absolute Gasteiger partial charge is 0.132 e. The lowest BCUT2D eigenvalue weighted by Gasteiger charge is -2.48. The van der Waals surface area contributed by atoms with E-state index in [-0.39, 0.29) is 0 Å². The predicted molar refractivity (Wildman–Crippen MR) is 199 cm³/mol. The van der Waals surface area contributed by atoms with E-state index in [1.54, 1.807) is 0 Å². The van der Waals surface area contributed by atoms with Crippen LogP contribution in [0, 0.1) is 0 Å². The first-order chi connectivity index (χ1) is 23.1. The average Bonchev–Trinajstić information content (AvgIpc) is 3.12. The third kappa shape index (κ3) is 4.69. The van der Waals surface area contributed by atoms with Crippen LogP contribution in [-0.4, -0.2) is 0 Å². The van der Waals surface area contributed by atoms with Crippen LogP contribution in [0.5, 0.6) is 11.5 Å². The lowest BCUT2D eigenvalue weighted by Crippen LogP contribution is -2.39. The largest absolute Gasteiger partial charge is 0.457 e. The normalized spacial score (nSPS) is 14.0. The van der Waals surface area contributed by atoms with E-state index in [9.17, 15) is 0 Å². The topological polar surface area (TPSA) is 12.5 Å². The third-order valence-electron chi connectivity index (χ3n) is 9.25. The summed E-state index contributed by atoms with van der Waals surface area (Å²) in [7, 11) is 0. The minimum atomic E-state index is -0.649.